The van der Waals surface area contributed by atoms with E-state index >= 15 is 0 Å². The highest BCUT2D eigenvalue weighted by Gasteiger charge is 2.05. The first-order valence-electron chi connectivity index (χ1n) is 5.75. The number of pyridine rings is 1. The molecule has 1 N–H and O–H groups in total. The molecule has 2 aromatic rings. The van der Waals surface area contributed by atoms with Crippen LogP contribution in [0.3, 0.4) is 0 Å². The summed E-state index contributed by atoms with van der Waals surface area (Å²) in [5.41, 5.74) is 2.05. The molecule has 0 aromatic carbocycles. The van der Waals surface area contributed by atoms with Crippen molar-refractivity contribution < 1.29 is 4.74 Å². The van der Waals surface area contributed by atoms with E-state index in [2.05, 4.69) is 22.3 Å². The molecule has 0 saturated carbocycles. The van der Waals surface area contributed by atoms with E-state index < -0.39 is 0 Å². The Morgan fingerprint density at radius 3 is 3.12 bits per heavy atom. The molecule has 0 fully saturated rings. The van der Waals surface area contributed by atoms with Crippen molar-refractivity contribution >= 4 is 11.6 Å². The zero-order chi connectivity index (χ0) is 12.3. The quantitative estimate of drug-likeness (QED) is 0.856. The zero-order valence-corrected chi connectivity index (χ0v) is 10.5. The van der Waals surface area contributed by atoms with Crippen LogP contribution in [-0.2, 0) is 4.74 Å². The zero-order valence-electron chi connectivity index (χ0n) is 10.5. The second-order valence-corrected chi connectivity index (χ2v) is 4.38. The van der Waals surface area contributed by atoms with Gasteiger partial charge in [-0.1, -0.05) is 6.92 Å². The number of hydrogen-bond acceptors (Lipinski definition) is 4. The molecule has 0 spiro atoms. The van der Waals surface area contributed by atoms with E-state index in [4.69, 9.17) is 4.74 Å². The SMILES string of the molecule is COCC(C)CNc1nc2cc(C)ccn2n1. The Kier molecular flexibility index (Phi) is 3.58. The molecular formula is C12H18N4O. The van der Waals surface area contributed by atoms with Gasteiger partial charge in [-0.25, -0.2) is 4.52 Å². The Morgan fingerprint density at radius 2 is 2.35 bits per heavy atom. The number of methoxy groups -OCH3 is 1. The molecule has 5 heteroatoms. The van der Waals surface area contributed by atoms with Crippen molar-refractivity contribution in [2.75, 3.05) is 25.6 Å². The minimum absolute atomic E-state index is 0.438. The Balaban J connectivity index is 2.04. The topological polar surface area (TPSA) is 51.5 Å². The second-order valence-electron chi connectivity index (χ2n) is 4.38. The number of aryl methyl sites for hydroxylation is 1. The third-order valence-electron chi connectivity index (χ3n) is 2.55. The van der Waals surface area contributed by atoms with E-state index in [9.17, 15) is 0 Å². The van der Waals surface area contributed by atoms with E-state index in [1.54, 1.807) is 11.6 Å². The maximum Gasteiger partial charge on any atom is 0.243 e. The summed E-state index contributed by atoms with van der Waals surface area (Å²) < 4.78 is 6.85. The average Bonchev–Trinajstić information content (AvgIpc) is 2.68. The summed E-state index contributed by atoms with van der Waals surface area (Å²) >= 11 is 0. The molecule has 0 aliphatic heterocycles. The summed E-state index contributed by atoms with van der Waals surface area (Å²) in [5.74, 6) is 1.10. The van der Waals surface area contributed by atoms with Gasteiger partial charge in [0.1, 0.15) is 0 Å². The number of rotatable bonds is 5. The number of nitrogens with one attached hydrogen (secondary N) is 1. The summed E-state index contributed by atoms with van der Waals surface area (Å²) in [6.45, 7) is 5.71. The highest BCUT2D eigenvalue weighted by molar-refractivity contribution is 5.45. The summed E-state index contributed by atoms with van der Waals surface area (Å²) in [7, 11) is 1.71. The Bertz CT molecular complexity index is 494. The van der Waals surface area contributed by atoms with Crippen molar-refractivity contribution in [3.05, 3.63) is 23.9 Å². The van der Waals surface area contributed by atoms with Gasteiger partial charge >= 0.3 is 0 Å². The van der Waals surface area contributed by atoms with Gasteiger partial charge in [-0.05, 0) is 30.5 Å². The lowest BCUT2D eigenvalue weighted by molar-refractivity contribution is 0.164. The number of aromatic nitrogens is 3. The molecule has 0 radical (unpaired) electrons. The molecule has 1 atom stereocenters. The third-order valence-corrected chi connectivity index (χ3v) is 2.55. The smallest absolute Gasteiger partial charge is 0.243 e. The van der Waals surface area contributed by atoms with Gasteiger partial charge < -0.3 is 10.1 Å². The van der Waals surface area contributed by atoms with Crippen LogP contribution in [0.1, 0.15) is 12.5 Å². The minimum atomic E-state index is 0.438. The first kappa shape index (κ1) is 11.9. The number of nitrogens with zero attached hydrogens (tertiary/aromatic N) is 3. The molecule has 2 aromatic heterocycles. The van der Waals surface area contributed by atoms with Crippen LogP contribution in [0.2, 0.25) is 0 Å². The van der Waals surface area contributed by atoms with Gasteiger partial charge in [-0.15, -0.1) is 5.10 Å². The van der Waals surface area contributed by atoms with Gasteiger partial charge in [0.2, 0.25) is 5.95 Å². The summed E-state index contributed by atoms with van der Waals surface area (Å²) in [5, 5.41) is 7.55. The van der Waals surface area contributed by atoms with E-state index in [0.717, 1.165) is 18.8 Å². The van der Waals surface area contributed by atoms with E-state index in [1.807, 2.05) is 25.3 Å². The number of ether oxygens (including phenoxy) is 1. The molecule has 0 saturated heterocycles. The van der Waals surface area contributed by atoms with Gasteiger partial charge in [0.15, 0.2) is 5.65 Å². The monoisotopic (exact) mass is 234 g/mol. The van der Waals surface area contributed by atoms with Gasteiger partial charge in [0.05, 0.1) is 6.61 Å². The normalized spacial score (nSPS) is 12.9. The van der Waals surface area contributed by atoms with Crippen molar-refractivity contribution in [2.24, 2.45) is 5.92 Å². The largest absolute Gasteiger partial charge is 0.384 e. The maximum atomic E-state index is 5.08. The summed E-state index contributed by atoms with van der Waals surface area (Å²) in [6.07, 6.45) is 1.92. The molecule has 5 nitrogen and oxygen atoms in total. The fraction of sp³-hybridized carbons (Fsp3) is 0.500. The number of anilines is 1. The van der Waals surface area contributed by atoms with E-state index in [-0.39, 0.29) is 0 Å². The lowest BCUT2D eigenvalue weighted by Gasteiger charge is -2.09. The minimum Gasteiger partial charge on any atom is -0.384 e. The Hall–Kier alpha value is -1.62. The van der Waals surface area contributed by atoms with E-state index in [0.29, 0.717) is 11.9 Å². The summed E-state index contributed by atoms with van der Waals surface area (Å²) in [4.78, 5) is 4.41. The van der Waals surface area contributed by atoms with Crippen LogP contribution in [0.4, 0.5) is 5.95 Å². The van der Waals surface area contributed by atoms with Crippen LogP contribution in [0.15, 0.2) is 18.3 Å². The molecule has 2 heterocycles. The van der Waals surface area contributed by atoms with Gasteiger partial charge in [-0.3, -0.25) is 0 Å². The number of hydrogen-bond donors (Lipinski definition) is 1. The average molecular weight is 234 g/mol. The lowest BCUT2D eigenvalue weighted by atomic mass is 10.2. The van der Waals surface area contributed by atoms with Crippen molar-refractivity contribution in [1.29, 1.82) is 0 Å². The molecule has 0 aliphatic carbocycles. The second kappa shape index (κ2) is 5.14. The predicted octanol–water partition coefficient (Wildman–Crippen LogP) is 1.73. The molecule has 2 rings (SSSR count). The van der Waals surface area contributed by atoms with Crippen LogP contribution in [-0.4, -0.2) is 34.9 Å². The van der Waals surface area contributed by atoms with Crippen molar-refractivity contribution in [2.45, 2.75) is 13.8 Å². The van der Waals surface area contributed by atoms with Gasteiger partial charge in [0, 0.05) is 19.9 Å². The highest BCUT2D eigenvalue weighted by atomic mass is 16.5. The molecular weight excluding hydrogens is 216 g/mol. The molecule has 0 bridgehead atoms. The van der Waals surface area contributed by atoms with Crippen molar-refractivity contribution in [1.82, 2.24) is 14.6 Å². The van der Waals surface area contributed by atoms with E-state index in [1.165, 1.54) is 5.56 Å². The highest BCUT2D eigenvalue weighted by Crippen LogP contribution is 2.08. The number of fused-ring (bicyclic) bond motifs is 1. The van der Waals surface area contributed by atoms with Crippen LogP contribution in [0.25, 0.3) is 5.65 Å². The molecule has 1 unspecified atom stereocenters. The van der Waals surface area contributed by atoms with Crippen LogP contribution in [0, 0.1) is 12.8 Å². The van der Waals surface area contributed by atoms with Crippen LogP contribution >= 0.6 is 0 Å². The molecule has 0 aliphatic rings. The van der Waals surface area contributed by atoms with Gasteiger partial charge in [0.25, 0.3) is 0 Å². The molecule has 17 heavy (non-hydrogen) atoms. The first-order chi connectivity index (χ1) is 8.19. The summed E-state index contributed by atoms with van der Waals surface area (Å²) in [6, 6.07) is 4.02. The van der Waals surface area contributed by atoms with Crippen LogP contribution in [0.5, 0.6) is 0 Å². The first-order valence-corrected chi connectivity index (χ1v) is 5.75. The maximum absolute atomic E-state index is 5.08. The van der Waals surface area contributed by atoms with Crippen molar-refractivity contribution in [3.8, 4) is 0 Å². The van der Waals surface area contributed by atoms with Gasteiger partial charge in [-0.2, -0.15) is 4.98 Å². The molecule has 92 valence electrons. The predicted molar refractivity (Wildman–Crippen MR) is 67.3 cm³/mol. The fourth-order valence-corrected chi connectivity index (χ4v) is 1.67. The standard InChI is InChI=1S/C12H18N4O/c1-9-4-5-16-11(6-9)14-12(15-16)13-7-10(2)8-17-3/h4-6,10H,7-8H2,1-3H3,(H,13,15). The fourth-order valence-electron chi connectivity index (χ4n) is 1.67. The van der Waals surface area contributed by atoms with Crippen molar-refractivity contribution in [3.63, 3.8) is 0 Å². The molecule has 0 amide bonds. The Morgan fingerprint density at radius 1 is 1.53 bits per heavy atom. The Labute approximate surface area is 101 Å². The lowest BCUT2D eigenvalue weighted by Crippen LogP contribution is -2.16. The van der Waals surface area contributed by atoms with Crippen LogP contribution < -0.4 is 5.32 Å². The third kappa shape index (κ3) is 2.94.